The lowest BCUT2D eigenvalue weighted by Gasteiger charge is -2.37. The Bertz CT molecular complexity index is 962. The summed E-state index contributed by atoms with van der Waals surface area (Å²) in [5.41, 5.74) is 6.12. The van der Waals surface area contributed by atoms with Crippen molar-refractivity contribution in [1.82, 2.24) is 4.90 Å². The molecule has 1 fully saturated rings. The maximum atomic E-state index is 13.0. The number of para-hydroxylation sites is 2. The molecule has 0 N–H and O–H groups in total. The van der Waals surface area contributed by atoms with Gasteiger partial charge in [-0.1, -0.05) is 42.5 Å². The number of hydrogen-bond donors (Lipinski definition) is 0. The molecular formula is C27H32ClN3O. The number of carbonyl (C=O) groups excluding carboxylic acids is 1. The highest BCUT2D eigenvalue weighted by Gasteiger charge is 2.22. The van der Waals surface area contributed by atoms with E-state index in [1.54, 1.807) is 0 Å². The molecule has 0 saturated carbocycles. The van der Waals surface area contributed by atoms with Gasteiger partial charge >= 0.3 is 0 Å². The van der Waals surface area contributed by atoms with Gasteiger partial charge < -0.3 is 14.7 Å². The van der Waals surface area contributed by atoms with Crippen LogP contribution < -0.4 is 9.80 Å². The Labute approximate surface area is 197 Å². The topological polar surface area (TPSA) is 26.8 Å². The molecular weight excluding hydrogens is 418 g/mol. The van der Waals surface area contributed by atoms with E-state index < -0.39 is 0 Å². The summed E-state index contributed by atoms with van der Waals surface area (Å²) in [5, 5.41) is 0. The van der Waals surface area contributed by atoms with Gasteiger partial charge in [0.15, 0.2) is 0 Å². The molecule has 0 radical (unpaired) electrons. The van der Waals surface area contributed by atoms with Crippen LogP contribution in [0.25, 0.3) is 0 Å². The van der Waals surface area contributed by atoms with E-state index in [9.17, 15) is 4.79 Å². The fourth-order valence-electron chi connectivity index (χ4n) is 4.13. The van der Waals surface area contributed by atoms with Gasteiger partial charge in [-0.25, -0.2) is 0 Å². The highest BCUT2D eigenvalue weighted by molar-refractivity contribution is 5.85. The molecule has 3 aromatic rings. The molecule has 3 aromatic carbocycles. The Hall–Kier alpha value is -2.98. The predicted octanol–water partition coefficient (Wildman–Crippen LogP) is 5.60. The van der Waals surface area contributed by atoms with Crippen molar-refractivity contribution in [2.45, 2.75) is 20.3 Å². The third-order valence-corrected chi connectivity index (χ3v) is 6.17. The molecule has 1 saturated heterocycles. The van der Waals surface area contributed by atoms with Gasteiger partial charge in [0.25, 0.3) is 0 Å². The fourth-order valence-corrected chi connectivity index (χ4v) is 4.13. The van der Waals surface area contributed by atoms with Crippen LogP contribution in [0.1, 0.15) is 17.5 Å². The summed E-state index contributed by atoms with van der Waals surface area (Å²) in [7, 11) is 0. The molecule has 4 nitrogen and oxygen atoms in total. The molecule has 4 rings (SSSR count). The van der Waals surface area contributed by atoms with Gasteiger partial charge in [0.05, 0.1) is 0 Å². The average molecular weight is 450 g/mol. The minimum Gasteiger partial charge on any atom is -0.368 e. The van der Waals surface area contributed by atoms with E-state index >= 15 is 0 Å². The van der Waals surface area contributed by atoms with Crippen molar-refractivity contribution in [1.29, 1.82) is 0 Å². The molecule has 168 valence electrons. The van der Waals surface area contributed by atoms with Crippen molar-refractivity contribution in [3.8, 4) is 0 Å². The summed E-state index contributed by atoms with van der Waals surface area (Å²) in [6.07, 6.45) is 0.507. The molecule has 32 heavy (non-hydrogen) atoms. The molecule has 1 amide bonds. The van der Waals surface area contributed by atoms with Gasteiger partial charge in [0, 0.05) is 56.2 Å². The summed E-state index contributed by atoms with van der Waals surface area (Å²) in [4.78, 5) is 19.6. The van der Waals surface area contributed by atoms with Crippen molar-refractivity contribution >= 4 is 35.4 Å². The largest absolute Gasteiger partial charge is 0.368 e. The number of nitrogens with zero attached hydrogens (tertiary/aromatic N) is 3. The van der Waals surface area contributed by atoms with Crippen LogP contribution in [0, 0.1) is 13.8 Å². The van der Waals surface area contributed by atoms with E-state index in [1.165, 1.54) is 16.8 Å². The monoisotopic (exact) mass is 449 g/mol. The van der Waals surface area contributed by atoms with Crippen LogP contribution in [0.2, 0.25) is 0 Å². The first-order chi connectivity index (χ1) is 15.1. The van der Waals surface area contributed by atoms with Crippen LogP contribution in [0.4, 0.5) is 17.1 Å². The van der Waals surface area contributed by atoms with Crippen LogP contribution >= 0.6 is 12.4 Å². The van der Waals surface area contributed by atoms with Gasteiger partial charge in [0.2, 0.25) is 5.91 Å². The van der Waals surface area contributed by atoms with Crippen LogP contribution in [0.3, 0.4) is 0 Å². The lowest BCUT2D eigenvalue weighted by molar-refractivity contribution is -0.131. The second kappa shape index (κ2) is 11.1. The third kappa shape index (κ3) is 5.63. The predicted molar refractivity (Wildman–Crippen MR) is 136 cm³/mol. The summed E-state index contributed by atoms with van der Waals surface area (Å²) in [6, 6.07) is 27.2. The second-order valence-corrected chi connectivity index (χ2v) is 8.21. The summed E-state index contributed by atoms with van der Waals surface area (Å²) in [6.45, 7) is 8.30. The van der Waals surface area contributed by atoms with Crippen molar-refractivity contribution in [2.24, 2.45) is 0 Å². The maximum absolute atomic E-state index is 13.0. The SMILES string of the molecule is Cc1ccc(N2CCN(C(=O)CCN(c3ccccc3)c3ccccc3)CC2)cc1C.Cl. The lowest BCUT2D eigenvalue weighted by Crippen LogP contribution is -2.49. The summed E-state index contributed by atoms with van der Waals surface area (Å²) < 4.78 is 0. The first kappa shape index (κ1) is 23.7. The van der Waals surface area contributed by atoms with Gasteiger partial charge in [-0.15, -0.1) is 12.4 Å². The quantitative estimate of drug-likeness (QED) is 0.490. The van der Waals surface area contributed by atoms with Crippen LogP contribution in [0.15, 0.2) is 78.9 Å². The number of aryl methyl sites for hydroxylation is 2. The van der Waals surface area contributed by atoms with Gasteiger partial charge in [-0.05, 0) is 61.4 Å². The summed E-state index contributed by atoms with van der Waals surface area (Å²) in [5.74, 6) is 0.233. The van der Waals surface area contributed by atoms with Crippen molar-refractivity contribution in [3.05, 3.63) is 90.0 Å². The second-order valence-electron chi connectivity index (χ2n) is 8.21. The number of amides is 1. The first-order valence-electron chi connectivity index (χ1n) is 11.1. The number of carbonyl (C=O) groups is 1. The van der Waals surface area contributed by atoms with Crippen molar-refractivity contribution < 1.29 is 4.79 Å². The van der Waals surface area contributed by atoms with E-state index in [4.69, 9.17) is 0 Å². The van der Waals surface area contributed by atoms with Crippen LogP contribution in [0.5, 0.6) is 0 Å². The number of rotatable bonds is 6. The standard InChI is InChI=1S/C27H31N3O.ClH/c1-22-13-14-26(21-23(22)2)28-17-19-29(20-18-28)27(31)15-16-30(24-9-5-3-6-10-24)25-11-7-4-8-12-25;/h3-14,21H,15-20H2,1-2H3;1H. The number of anilines is 3. The molecule has 1 aliphatic heterocycles. The van der Waals surface area contributed by atoms with E-state index in [0.29, 0.717) is 13.0 Å². The Balaban J connectivity index is 0.00000289. The molecule has 1 aliphatic rings. The van der Waals surface area contributed by atoms with Crippen molar-refractivity contribution in [2.75, 3.05) is 42.5 Å². The lowest BCUT2D eigenvalue weighted by atomic mass is 10.1. The number of halogens is 1. The van der Waals surface area contributed by atoms with Crippen molar-refractivity contribution in [3.63, 3.8) is 0 Å². The minimum absolute atomic E-state index is 0. The molecule has 1 heterocycles. The Morgan fingerprint density at radius 2 is 1.34 bits per heavy atom. The zero-order chi connectivity index (χ0) is 21.6. The maximum Gasteiger partial charge on any atom is 0.224 e. The molecule has 0 spiro atoms. The van der Waals surface area contributed by atoms with Gasteiger partial charge in [0.1, 0.15) is 0 Å². The smallest absolute Gasteiger partial charge is 0.224 e. The highest BCUT2D eigenvalue weighted by atomic mass is 35.5. The molecule has 5 heteroatoms. The van der Waals surface area contributed by atoms with E-state index in [-0.39, 0.29) is 18.3 Å². The highest BCUT2D eigenvalue weighted by Crippen LogP contribution is 2.25. The average Bonchev–Trinajstić information content (AvgIpc) is 2.82. The third-order valence-electron chi connectivity index (χ3n) is 6.17. The van der Waals surface area contributed by atoms with Crippen LogP contribution in [-0.2, 0) is 4.79 Å². The zero-order valence-electron chi connectivity index (χ0n) is 18.9. The Kier molecular flexibility index (Phi) is 8.18. The fraction of sp³-hybridized carbons (Fsp3) is 0.296. The Morgan fingerprint density at radius 3 is 1.88 bits per heavy atom. The molecule has 0 aromatic heterocycles. The summed E-state index contributed by atoms with van der Waals surface area (Å²) >= 11 is 0. The number of benzene rings is 3. The molecule has 0 unspecified atom stereocenters. The Morgan fingerprint density at radius 1 is 0.781 bits per heavy atom. The first-order valence-corrected chi connectivity index (χ1v) is 11.1. The molecule has 0 bridgehead atoms. The molecule has 0 atom stereocenters. The van der Waals surface area contributed by atoms with E-state index in [1.807, 2.05) is 41.3 Å². The van der Waals surface area contributed by atoms with E-state index in [2.05, 4.69) is 66.1 Å². The number of hydrogen-bond acceptors (Lipinski definition) is 3. The van der Waals surface area contributed by atoms with Gasteiger partial charge in [-0.2, -0.15) is 0 Å². The molecule has 0 aliphatic carbocycles. The minimum atomic E-state index is 0. The van der Waals surface area contributed by atoms with Crippen LogP contribution in [-0.4, -0.2) is 43.5 Å². The number of piperazine rings is 1. The normalized spacial score (nSPS) is 13.4. The van der Waals surface area contributed by atoms with E-state index in [0.717, 1.165) is 37.6 Å². The zero-order valence-corrected chi connectivity index (χ0v) is 19.7. The van der Waals surface area contributed by atoms with Gasteiger partial charge in [-0.3, -0.25) is 4.79 Å².